The topological polar surface area (TPSA) is 98.7 Å². The van der Waals surface area contributed by atoms with Crippen molar-refractivity contribution in [3.05, 3.63) is 71.8 Å². The van der Waals surface area contributed by atoms with Gasteiger partial charge in [-0.1, -0.05) is 60.7 Å². The van der Waals surface area contributed by atoms with Gasteiger partial charge in [-0.2, -0.15) is 0 Å². The minimum absolute atomic E-state index is 0.322. The number of rotatable bonds is 9. The fourth-order valence-electron chi connectivity index (χ4n) is 2.42. The van der Waals surface area contributed by atoms with Crippen molar-refractivity contribution in [2.24, 2.45) is 0 Å². The van der Waals surface area contributed by atoms with Gasteiger partial charge in [-0.05, 0) is 11.1 Å². The van der Waals surface area contributed by atoms with Gasteiger partial charge in [-0.15, -0.1) is 0 Å². The summed E-state index contributed by atoms with van der Waals surface area (Å²) in [5.41, 5.74) is 1.31. The molecule has 0 saturated heterocycles. The van der Waals surface area contributed by atoms with Crippen LogP contribution in [0.2, 0.25) is 0 Å². The Morgan fingerprint density at radius 2 is 1.04 bits per heavy atom. The summed E-state index contributed by atoms with van der Waals surface area (Å²) in [4.78, 5) is 22.8. The van der Waals surface area contributed by atoms with Crippen LogP contribution in [0.5, 0.6) is 0 Å². The highest BCUT2D eigenvalue weighted by atomic mass is 16.4. The molecule has 0 heterocycles. The Morgan fingerprint density at radius 3 is 1.33 bits per heavy atom. The number of benzene rings is 2. The quantitative estimate of drug-likeness (QED) is 0.524. The zero-order chi connectivity index (χ0) is 17.4. The standard InChI is InChI=1S/C18H20N2O4/c21-17(22)15(13-7-3-1-4-8-13)19-11-12-20-16(18(23)24)14-9-5-2-6-10-14/h1-10,15-16,19-20H,11-12H2,(H,21,22)(H,23,24)/t15-,16-/m0/s1. The lowest BCUT2D eigenvalue weighted by Crippen LogP contribution is -2.37. The molecule has 2 aromatic carbocycles. The molecule has 0 unspecified atom stereocenters. The number of carbonyl (C=O) groups is 2. The van der Waals surface area contributed by atoms with Crippen LogP contribution in [0.1, 0.15) is 23.2 Å². The molecule has 2 atom stereocenters. The summed E-state index contributed by atoms with van der Waals surface area (Å²) >= 11 is 0. The molecule has 2 rings (SSSR count). The number of hydrogen-bond acceptors (Lipinski definition) is 4. The zero-order valence-electron chi connectivity index (χ0n) is 13.1. The van der Waals surface area contributed by atoms with E-state index in [4.69, 9.17) is 0 Å². The highest BCUT2D eigenvalue weighted by Crippen LogP contribution is 2.13. The lowest BCUT2D eigenvalue weighted by atomic mass is 10.1. The molecule has 24 heavy (non-hydrogen) atoms. The predicted octanol–water partition coefficient (Wildman–Crippen LogP) is 1.82. The fourth-order valence-corrected chi connectivity index (χ4v) is 2.42. The van der Waals surface area contributed by atoms with Gasteiger partial charge in [-0.3, -0.25) is 20.2 Å². The predicted molar refractivity (Wildman–Crippen MR) is 89.6 cm³/mol. The summed E-state index contributed by atoms with van der Waals surface area (Å²) in [5, 5.41) is 24.5. The second-order valence-corrected chi connectivity index (χ2v) is 5.27. The maximum Gasteiger partial charge on any atom is 0.325 e. The van der Waals surface area contributed by atoms with Crippen molar-refractivity contribution < 1.29 is 19.8 Å². The molecule has 4 N–H and O–H groups in total. The SMILES string of the molecule is O=C(O)[C@@H](NCCN[C@H](C(=O)O)c1ccccc1)c1ccccc1. The number of aliphatic carboxylic acids is 2. The van der Waals surface area contributed by atoms with Crippen LogP contribution in [-0.2, 0) is 9.59 Å². The third kappa shape index (κ3) is 4.91. The first-order chi connectivity index (χ1) is 11.6. The molecule has 0 spiro atoms. The summed E-state index contributed by atoms with van der Waals surface area (Å²) < 4.78 is 0. The van der Waals surface area contributed by atoms with E-state index in [-0.39, 0.29) is 0 Å². The molecule has 0 aromatic heterocycles. The number of carboxylic acid groups (broad SMARTS) is 2. The maximum absolute atomic E-state index is 11.4. The van der Waals surface area contributed by atoms with Crippen molar-refractivity contribution in [1.82, 2.24) is 10.6 Å². The van der Waals surface area contributed by atoms with Gasteiger partial charge in [0.1, 0.15) is 12.1 Å². The van der Waals surface area contributed by atoms with E-state index in [2.05, 4.69) is 10.6 Å². The van der Waals surface area contributed by atoms with Crippen molar-refractivity contribution >= 4 is 11.9 Å². The van der Waals surface area contributed by atoms with Gasteiger partial charge in [0.2, 0.25) is 0 Å². The number of hydrogen-bond donors (Lipinski definition) is 4. The Kier molecular flexibility index (Phi) is 6.48. The van der Waals surface area contributed by atoms with Crippen molar-refractivity contribution in [1.29, 1.82) is 0 Å². The second-order valence-electron chi connectivity index (χ2n) is 5.27. The summed E-state index contributed by atoms with van der Waals surface area (Å²) in [6, 6.07) is 16.1. The van der Waals surface area contributed by atoms with E-state index in [1.54, 1.807) is 48.5 Å². The van der Waals surface area contributed by atoms with Crippen molar-refractivity contribution in [2.75, 3.05) is 13.1 Å². The molecule has 0 fully saturated rings. The minimum Gasteiger partial charge on any atom is -0.480 e. The van der Waals surface area contributed by atoms with Crippen LogP contribution < -0.4 is 10.6 Å². The lowest BCUT2D eigenvalue weighted by molar-refractivity contribution is -0.141. The van der Waals surface area contributed by atoms with Crippen LogP contribution in [0.15, 0.2) is 60.7 Å². The highest BCUT2D eigenvalue weighted by Gasteiger charge is 2.20. The molecule has 0 radical (unpaired) electrons. The van der Waals surface area contributed by atoms with Gasteiger partial charge in [0, 0.05) is 13.1 Å². The minimum atomic E-state index is -0.973. The Balaban J connectivity index is 1.90. The van der Waals surface area contributed by atoms with Crippen molar-refractivity contribution in [3.63, 3.8) is 0 Å². The van der Waals surface area contributed by atoms with Gasteiger partial charge in [0.25, 0.3) is 0 Å². The van der Waals surface area contributed by atoms with E-state index in [9.17, 15) is 19.8 Å². The van der Waals surface area contributed by atoms with Gasteiger partial charge < -0.3 is 10.2 Å². The van der Waals surface area contributed by atoms with E-state index in [1.165, 1.54) is 0 Å². The molecule has 0 aliphatic carbocycles. The van der Waals surface area contributed by atoms with E-state index in [0.29, 0.717) is 24.2 Å². The van der Waals surface area contributed by atoms with E-state index < -0.39 is 24.0 Å². The molecule has 0 amide bonds. The van der Waals surface area contributed by atoms with Crippen molar-refractivity contribution in [2.45, 2.75) is 12.1 Å². The number of carboxylic acids is 2. The molecule has 0 bridgehead atoms. The molecular formula is C18H20N2O4. The van der Waals surface area contributed by atoms with Gasteiger partial charge in [0.15, 0.2) is 0 Å². The van der Waals surface area contributed by atoms with Gasteiger partial charge >= 0.3 is 11.9 Å². The summed E-state index contributed by atoms with van der Waals surface area (Å²) in [7, 11) is 0. The molecule has 0 aliphatic rings. The van der Waals surface area contributed by atoms with Crippen molar-refractivity contribution in [3.8, 4) is 0 Å². The van der Waals surface area contributed by atoms with Crippen LogP contribution >= 0.6 is 0 Å². The Hall–Kier alpha value is -2.70. The summed E-state index contributed by atoms with van der Waals surface area (Å²) in [6.07, 6.45) is 0. The van der Waals surface area contributed by atoms with Gasteiger partial charge in [0.05, 0.1) is 0 Å². The molecular weight excluding hydrogens is 308 g/mol. The number of nitrogens with one attached hydrogen (secondary N) is 2. The normalized spacial score (nSPS) is 13.2. The third-order valence-corrected chi connectivity index (χ3v) is 3.58. The monoisotopic (exact) mass is 328 g/mol. The zero-order valence-corrected chi connectivity index (χ0v) is 13.1. The highest BCUT2D eigenvalue weighted by molar-refractivity contribution is 5.76. The lowest BCUT2D eigenvalue weighted by Gasteiger charge is -2.18. The van der Waals surface area contributed by atoms with E-state index in [1.807, 2.05) is 12.1 Å². The maximum atomic E-state index is 11.4. The Bertz CT molecular complexity index is 602. The van der Waals surface area contributed by atoms with Crippen LogP contribution in [0.25, 0.3) is 0 Å². The molecule has 6 heteroatoms. The van der Waals surface area contributed by atoms with E-state index >= 15 is 0 Å². The molecule has 6 nitrogen and oxygen atoms in total. The summed E-state index contributed by atoms with van der Waals surface area (Å²) in [5.74, 6) is -1.95. The fraction of sp³-hybridized carbons (Fsp3) is 0.222. The average Bonchev–Trinajstić information content (AvgIpc) is 2.59. The first-order valence-corrected chi connectivity index (χ1v) is 7.62. The van der Waals surface area contributed by atoms with Crippen LogP contribution in [0, 0.1) is 0 Å². The largest absolute Gasteiger partial charge is 0.480 e. The van der Waals surface area contributed by atoms with E-state index in [0.717, 1.165) is 0 Å². The first-order valence-electron chi connectivity index (χ1n) is 7.62. The molecule has 2 aromatic rings. The molecule has 126 valence electrons. The van der Waals surface area contributed by atoms with Crippen LogP contribution in [0.3, 0.4) is 0 Å². The second kappa shape index (κ2) is 8.81. The Morgan fingerprint density at radius 1 is 0.708 bits per heavy atom. The first kappa shape index (κ1) is 17.7. The van der Waals surface area contributed by atoms with Gasteiger partial charge in [-0.25, -0.2) is 0 Å². The molecule has 0 aliphatic heterocycles. The molecule has 0 saturated carbocycles. The smallest absolute Gasteiger partial charge is 0.325 e. The van der Waals surface area contributed by atoms with Crippen LogP contribution in [-0.4, -0.2) is 35.2 Å². The Labute approximate surface area is 140 Å². The average molecular weight is 328 g/mol. The third-order valence-electron chi connectivity index (χ3n) is 3.58. The van der Waals surface area contributed by atoms with Crippen LogP contribution in [0.4, 0.5) is 0 Å². The summed E-state index contributed by atoms with van der Waals surface area (Å²) in [6.45, 7) is 0.644.